The van der Waals surface area contributed by atoms with Crippen LogP contribution in [0.5, 0.6) is 0 Å². The average Bonchev–Trinajstić information content (AvgIpc) is 3.06. The normalized spacial score (nSPS) is 20.7. The Kier molecular flexibility index (Phi) is 2.89. The minimum atomic E-state index is -0.346. The van der Waals surface area contributed by atoms with Gasteiger partial charge in [-0.15, -0.1) is 0 Å². The Morgan fingerprint density at radius 2 is 1.86 bits per heavy atom. The summed E-state index contributed by atoms with van der Waals surface area (Å²) < 4.78 is 13.1. The molecular formula is C19H16FNO. The van der Waals surface area contributed by atoms with Crippen molar-refractivity contribution in [2.45, 2.75) is 24.8 Å². The Balaban J connectivity index is 1.62. The largest absolute Gasteiger partial charge is 0.343 e. The summed E-state index contributed by atoms with van der Waals surface area (Å²) >= 11 is 0. The summed E-state index contributed by atoms with van der Waals surface area (Å²) in [4.78, 5) is 12.7. The number of nitrogens with one attached hydrogen (secondary N) is 1. The van der Waals surface area contributed by atoms with E-state index in [-0.39, 0.29) is 17.3 Å². The molecule has 0 bridgehead atoms. The fourth-order valence-corrected chi connectivity index (χ4v) is 3.36. The van der Waals surface area contributed by atoms with Gasteiger partial charge in [0.25, 0.3) is 5.91 Å². The van der Waals surface area contributed by atoms with Crippen molar-refractivity contribution < 1.29 is 9.18 Å². The molecule has 0 unspecified atom stereocenters. The van der Waals surface area contributed by atoms with Gasteiger partial charge in [-0.05, 0) is 54.2 Å². The minimum Gasteiger partial charge on any atom is -0.343 e. The van der Waals surface area contributed by atoms with Crippen molar-refractivity contribution >= 4 is 5.91 Å². The number of halogens is 1. The summed E-state index contributed by atoms with van der Waals surface area (Å²) in [6.45, 7) is 0. The Morgan fingerprint density at radius 3 is 2.55 bits per heavy atom. The van der Waals surface area contributed by atoms with Gasteiger partial charge in [0.2, 0.25) is 0 Å². The summed E-state index contributed by atoms with van der Waals surface area (Å²) in [5.74, 6) is -0.302. The fraction of sp³-hybridized carbons (Fsp3) is 0.211. The molecule has 0 saturated heterocycles. The first-order valence-corrected chi connectivity index (χ1v) is 7.58. The summed E-state index contributed by atoms with van der Waals surface area (Å²) in [7, 11) is 0. The number of hydrogen-bond acceptors (Lipinski definition) is 1. The third-order valence-corrected chi connectivity index (χ3v) is 4.77. The van der Waals surface area contributed by atoms with Gasteiger partial charge in [-0.3, -0.25) is 4.79 Å². The second-order valence-electron chi connectivity index (χ2n) is 6.04. The zero-order chi connectivity index (χ0) is 15.2. The van der Waals surface area contributed by atoms with Crippen LogP contribution in [0.2, 0.25) is 0 Å². The maximum atomic E-state index is 13.1. The number of fused-ring (bicyclic) bond motifs is 1. The summed E-state index contributed by atoms with van der Waals surface area (Å²) in [6.07, 6.45) is 12.6. The van der Waals surface area contributed by atoms with Crippen LogP contribution in [0.3, 0.4) is 0 Å². The third kappa shape index (κ3) is 1.97. The number of amides is 1. The van der Waals surface area contributed by atoms with Crippen molar-refractivity contribution in [2.75, 3.05) is 0 Å². The molecule has 0 aromatic heterocycles. The molecule has 1 fully saturated rings. The first-order valence-electron chi connectivity index (χ1n) is 7.58. The van der Waals surface area contributed by atoms with Crippen LogP contribution in [0, 0.1) is 5.82 Å². The van der Waals surface area contributed by atoms with Crippen LogP contribution >= 0.6 is 0 Å². The smallest absolute Gasteiger partial charge is 0.252 e. The van der Waals surface area contributed by atoms with E-state index in [1.807, 2.05) is 30.4 Å². The van der Waals surface area contributed by atoms with E-state index in [2.05, 4.69) is 5.32 Å². The van der Waals surface area contributed by atoms with Gasteiger partial charge in [-0.2, -0.15) is 0 Å². The van der Waals surface area contributed by atoms with Gasteiger partial charge in [0.15, 0.2) is 0 Å². The number of allylic oxidation sites excluding steroid dienone is 6. The highest BCUT2D eigenvalue weighted by Crippen LogP contribution is 2.42. The van der Waals surface area contributed by atoms with Crippen molar-refractivity contribution in [3.63, 3.8) is 0 Å². The lowest BCUT2D eigenvalue weighted by Crippen LogP contribution is -2.51. The van der Waals surface area contributed by atoms with Crippen LogP contribution in [0.15, 0.2) is 71.4 Å². The van der Waals surface area contributed by atoms with E-state index in [0.717, 1.165) is 36.0 Å². The van der Waals surface area contributed by atoms with Gasteiger partial charge in [0, 0.05) is 5.57 Å². The maximum Gasteiger partial charge on any atom is 0.252 e. The van der Waals surface area contributed by atoms with Gasteiger partial charge >= 0.3 is 0 Å². The highest BCUT2D eigenvalue weighted by atomic mass is 19.1. The molecule has 3 aliphatic carbocycles. The molecule has 0 atom stereocenters. The Hall–Kier alpha value is -2.42. The fourth-order valence-electron chi connectivity index (χ4n) is 3.36. The lowest BCUT2D eigenvalue weighted by Gasteiger charge is -2.43. The van der Waals surface area contributed by atoms with Crippen LogP contribution in [-0.4, -0.2) is 5.91 Å². The minimum absolute atomic E-state index is 0.0507. The van der Waals surface area contributed by atoms with E-state index >= 15 is 0 Å². The standard InChI is InChI=1S/C19H16FNO/c20-15-8-6-14(7-9-15)19(11-2-12-19)21-18(22)17-10-5-13-3-1-4-16(13)17/h1,3-10H,2,11-12H2,(H,21,22). The molecule has 0 radical (unpaired) electrons. The quantitative estimate of drug-likeness (QED) is 0.905. The van der Waals surface area contributed by atoms with Gasteiger partial charge in [-0.25, -0.2) is 4.39 Å². The molecule has 0 aliphatic heterocycles. The molecule has 2 nitrogen and oxygen atoms in total. The molecule has 3 aliphatic rings. The van der Waals surface area contributed by atoms with Crippen LogP contribution in [0.25, 0.3) is 0 Å². The third-order valence-electron chi connectivity index (χ3n) is 4.77. The van der Waals surface area contributed by atoms with E-state index in [0.29, 0.717) is 5.57 Å². The second kappa shape index (κ2) is 4.80. The number of benzene rings is 1. The van der Waals surface area contributed by atoms with E-state index in [1.54, 1.807) is 12.1 Å². The molecule has 4 rings (SSSR count). The Bertz CT molecular complexity index is 761. The molecule has 22 heavy (non-hydrogen) atoms. The Labute approximate surface area is 128 Å². The van der Waals surface area contributed by atoms with Crippen molar-refractivity contribution in [1.29, 1.82) is 0 Å². The topological polar surface area (TPSA) is 29.1 Å². The Morgan fingerprint density at radius 1 is 1.09 bits per heavy atom. The summed E-state index contributed by atoms with van der Waals surface area (Å²) in [5, 5.41) is 3.19. The van der Waals surface area contributed by atoms with Crippen LogP contribution in [0.1, 0.15) is 24.8 Å². The van der Waals surface area contributed by atoms with Crippen molar-refractivity contribution in [1.82, 2.24) is 5.32 Å². The second-order valence-corrected chi connectivity index (χ2v) is 6.04. The van der Waals surface area contributed by atoms with Crippen LogP contribution in [-0.2, 0) is 10.3 Å². The van der Waals surface area contributed by atoms with Gasteiger partial charge in [0.05, 0.1) is 5.54 Å². The van der Waals surface area contributed by atoms with E-state index in [1.165, 1.54) is 12.1 Å². The molecule has 1 aromatic rings. The van der Waals surface area contributed by atoms with E-state index in [4.69, 9.17) is 0 Å². The number of carbonyl (C=O) groups excluding carboxylic acids is 1. The van der Waals surface area contributed by atoms with Gasteiger partial charge in [0.1, 0.15) is 5.82 Å². The number of carbonyl (C=O) groups is 1. The predicted molar refractivity (Wildman–Crippen MR) is 83.5 cm³/mol. The summed E-state index contributed by atoms with van der Waals surface area (Å²) in [5.41, 5.74) is 3.44. The summed E-state index contributed by atoms with van der Waals surface area (Å²) in [6, 6.07) is 6.47. The molecule has 110 valence electrons. The lowest BCUT2D eigenvalue weighted by atomic mass is 9.71. The molecule has 0 spiro atoms. The van der Waals surface area contributed by atoms with Crippen LogP contribution in [0.4, 0.5) is 4.39 Å². The molecule has 3 heteroatoms. The van der Waals surface area contributed by atoms with E-state index < -0.39 is 0 Å². The van der Waals surface area contributed by atoms with Gasteiger partial charge in [-0.1, -0.05) is 36.4 Å². The molecule has 1 N–H and O–H groups in total. The molecule has 1 saturated carbocycles. The first-order chi connectivity index (χ1) is 10.7. The highest BCUT2D eigenvalue weighted by Gasteiger charge is 2.40. The number of rotatable bonds is 3. The van der Waals surface area contributed by atoms with Crippen molar-refractivity contribution in [3.8, 4) is 0 Å². The zero-order valence-corrected chi connectivity index (χ0v) is 12.1. The maximum absolute atomic E-state index is 13.1. The predicted octanol–water partition coefficient (Wildman–Crippen LogP) is 3.68. The van der Waals surface area contributed by atoms with Crippen LogP contribution < -0.4 is 5.32 Å². The molecular weight excluding hydrogens is 277 g/mol. The van der Waals surface area contributed by atoms with Crippen molar-refractivity contribution in [3.05, 3.63) is 82.7 Å². The zero-order valence-electron chi connectivity index (χ0n) is 12.1. The molecule has 1 aromatic carbocycles. The molecule has 1 amide bonds. The first kappa shape index (κ1) is 13.3. The highest BCUT2D eigenvalue weighted by molar-refractivity contribution is 6.01. The lowest BCUT2D eigenvalue weighted by molar-refractivity contribution is -0.120. The molecule has 0 heterocycles. The SMILES string of the molecule is O=C(NC1(c2ccc(F)cc2)CCC1)C1=C2C=CC=C2C=C1. The van der Waals surface area contributed by atoms with Crippen molar-refractivity contribution in [2.24, 2.45) is 0 Å². The van der Waals surface area contributed by atoms with E-state index in [9.17, 15) is 9.18 Å². The average molecular weight is 293 g/mol. The van der Waals surface area contributed by atoms with Gasteiger partial charge < -0.3 is 5.32 Å². The monoisotopic (exact) mass is 293 g/mol. The number of hydrogen-bond donors (Lipinski definition) is 1.